The Kier molecular flexibility index (Phi) is 5.62. The van der Waals surface area contributed by atoms with Crippen molar-refractivity contribution in [1.82, 2.24) is 5.43 Å². The Hall–Kier alpha value is -2.96. The van der Waals surface area contributed by atoms with Gasteiger partial charge in [0.15, 0.2) is 0 Å². The van der Waals surface area contributed by atoms with Crippen LogP contribution in [0.2, 0.25) is 0 Å². The van der Waals surface area contributed by atoms with Gasteiger partial charge in [0.1, 0.15) is 17.4 Å². The molecule has 2 rings (SSSR count). The second-order valence-corrected chi connectivity index (χ2v) is 4.48. The molecule has 0 atom stereocenters. The number of hydrazone groups is 1. The van der Waals surface area contributed by atoms with Gasteiger partial charge in [0.2, 0.25) is 0 Å². The number of anilines is 1. The molecule has 0 fully saturated rings. The van der Waals surface area contributed by atoms with Crippen molar-refractivity contribution in [2.45, 2.75) is 0 Å². The number of methoxy groups -OCH3 is 1. The van der Waals surface area contributed by atoms with Crippen molar-refractivity contribution >= 4 is 17.8 Å². The zero-order valence-corrected chi connectivity index (χ0v) is 12.3. The van der Waals surface area contributed by atoms with Crippen molar-refractivity contribution in [2.24, 2.45) is 5.10 Å². The topological polar surface area (TPSA) is 62.7 Å². The number of hydrogen-bond donors (Lipinski definition) is 2. The van der Waals surface area contributed by atoms with E-state index in [-0.39, 0.29) is 12.1 Å². The highest BCUT2D eigenvalue weighted by Gasteiger charge is 2.06. The fourth-order valence-corrected chi connectivity index (χ4v) is 1.81. The number of para-hydroxylation sites is 2. The number of carbonyl (C=O) groups excluding carboxylic acids is 1. The van der Waals surface area contributed by atoms with Crippen molar-refractivity contribution in [2.75, 3.05) is 19.0 Å². The van der Waals surface area contributed by atoms with E-state index in [4.69, 9.17) is 4.74 Å². The molecule has 0 unspecified atom stereocenters. The summed E-state index contributed by atoms with van der Waals surface area (Å²) in [4.78, 5) is 11.7. The first-order chi connectivity index (χ1) is 11.1. The number of amides is 1. The molecule has 0 saturated carbocycles. The van der Waals surface area contributed by atoms with E-state index in [0.717, 1.165) is 18.3 Å². The molecule has 0 saturated heterocycles. The zero-order chi connectivity index (χ0) is 16.7. The number of hydrogen-bond acceptors (Lipinski definition) is 4. The third-order valence-electron chi connectivity index (χ3n) is 2.93. The van der Waals surface area contributed by atoms with Gasteiger partial charge >= 0.3 is 0 Å². The van der Waals surface area contributed by atoms with Crippen LogP contribution in [0.1, 0.15) is 5.56 Å². The second-order valence-electron chi connectivity index (χ2n) is 4.48. The molecule has 120 valence electrons. The van der Waals surface area contributed by atoms with Crippen LogP contribution in [0.15, 0.2) is 47.6 Å². The van der Waals surface area contributed by atoms with Crippen LogP contribution >= 0.6 is 0 Å². The summed E-state index contributed by atoms with van der Waals surface area (Å²) < 4.78 is 31.9. The van der Waals surface area contributed by atoms with Crippen LogP contribution in [0.3, 0.4) is 0 Å². The molecule has 7 heteroatoms. The number of nitrogens with zero attached hydrogens (tertiary/aromatic N) is 1. The number of ether oxygens (including phenoxy) is 1. The summed E-state index contributed by atoms with van der Waals surface area (Å²) in [6.07, 6.45) is 0.922. The Morgan fingerprint density at radius 2 is 1.87 bits per heavy atom. The molecule has 0 aliphatic carbocycles. The minimum atomic E-state index is -0.754. The second kappa shape index (κ2) is 7.88. The summed E-state index contributed by atoms with van der Waals surface area (Å²) in [6.45, 7) is -0.0720. The van der Waals surface area contributed by atoms with Crippen molar-refractivity contribution in [3.63, 3.8) is 0 Å². The fraction of sp³-hybridized carbons (Fsp3) is 0.125. The summed E-state index contributed by atoms with van der Waals surface area (Å²) >= 11 is 0. The molecule has 2 aromatic carbocycles. The predicted octanol–water partition coefficient (Wildman–Crippen LogP) is 2.54. The molecule has 0 aliphatic heterocycles. The summed E-state index contributed by atoms with van der Waals surface area (Å²) in [5, 5.41) is 6.42. The van der Waals surface area contributed by atoms with E-state index in [1.54, 1.807) is 24.3 Å². The summed E-state index contributed by atoms with van der Waals surface area (Å²) in [6, 6.07) is 10.6. The summed E-state index contributed by atoms with van der Waals surface area (Å²) in [5.74, 6) is -1.38. The Morgan fingerprint density at radius 3 is 2.57 bits per heavy atom. The Labute approximate surface area is 132 Å². The molecular formula is C16H15F2N3O2. The molecule has 5 nitrogen and oxygen atoms in total. The molecule has 0 radical (unpaired) electrons. The van der Waals surface area contributed by atoms with Gasteiger partial charge in [-0.1, -0.05) is 18.2 Å². The monoisotopic (exact) mass is 319 g/mol. The average Bonchev–Trinajstić information content (AvgIpc) is 2.56. The van der Waals surface area contributed by atoms with Gasteiger partial charge in [-0.25, -0.2) is 14.2 Å². The molecule has 0 heterocycles. The van der Waals surface area contributed by atoms with E-state index in [0.29, 0.717) is 11.4 Å². The minimum Gasteiger partial charge on any atom is -0.495 e. The van der Waals surface area contributed by atoms with Gasteiger partial charge in [-0.05, 0) is 24.3 Å². The predicted molar refractivity (Wildman–Crippen MR) is 83.6 cm³/mol. The van der Waals surface area contributed by atoms with Gasteiger partial charge in [0.05, 0.1) is 31.1 Å². The number of nitrogens with one attached hydrogen (secondary N) is 2. The highest BCUT2D eigenvalue weighted by atomic mass is 19.1. The summed E-state index contributed by atoms with van der Waals surface area (Å²) in [5.41, 5.74) is 2.52. The molecule has 23 heavy (non-hydrogen) atoms. The van der Waals surface area contributed by atoms with Crippen LogP contribution < -0.4 is 15.5 Å². The zero-order valence-electron chi connectivity index (χ0n) is 12.3. The molecule has 0 spiro atoms. The van der Waals surface area contributed by atoms with Crippen molar-refractivity contribution in [1.29, 1.82) is 0 Å². The van der Waals surface area contributed by atoms with Crippen LogP contribution in [0.5, 0.6) is 5.75 Å². The lowest BCUT2D eigenvalue weighted by Crippen LogP contribution is -2.26. The number of rotatable bonds is 6. The molecular weight excluding hydrogens is 304 g/mol. The SMILES string of the molecule is COc1ccccc1NCC(=O)NN=Cc1c(F)cccc1F. The van der Waals surface area contributed by atoms with E-state index < -0.39 is 17.5 Å². The number of carbonyl (C=O) groups is 1. The Morgan fingerprint density at radius 1 is 1.17 bits per heavy atom. The molecule has 0 aromatic heterocycles. The first-order valence-electron chi connectivity index (χ1n) is 6.74. The van der Waals surface area contributed by atoms with Crippen molar-refractivity contribution < 1.29 is 18.3 Å². The maximum atomic E-state index is 13.4. The van der Waals surface area contributed by atoms with Gasteiger partial charge in [-0.3, -0.25) is 4.79 Å². The lowest BCUT2D eigenvalue weighted by atomic mass is 10.2. The number of halogens is 2. The normalized spacial score (nSPS) is 10.6. The standard InChI is InChI=1S/C16H15F2N3O2/c1-23-15-8-3-2-7-14(15)19-10-16(22)21-20-9-11-12(17)5-4-6-13(11)18/h2-9,19H,10H2,1H3,(H,21,22). The van der Waals surface area contributed by atoms with Crippen LogP contribution in [-0.4, -0.2) is 25.8 Å². The maximum absolute atomic E-state index is 13.4. The van der Waals surface area contributed by atoms with E-state index in [2.05, 4.69) is 15.8 Å². The smallest absolute Gasteiger partial charge is 0.259 e. The number of benzene rings is 2. The first-order valence-corrected chi connectivity index (χ1v) is 6.74. The largest absolute Gasteiger partial charge is 0.495 e. The van der Waals surface area contributed by atoms with E-state index >= 15 is 0 Å². The van der Waals surface area contributed by atoms with Crippen LogP contribution in [0.4, 0.5) is 14.5 Å². The third kappa shape index (κ3) is 4.50. The van der Waals surface area contributed by atoms with Crippen LogP contribution in [0, 0.1) is 11.6 Å². The quantitative estimate of drug-likeness (QED) is 0.635. The maximum Gasteiger partial charge on any atom is 0.259 e. The highest BCUT2D eigenvalue weighted by molar-refractivity contribution is 5.84. The highest BCUT2D eigenvalue weighted by Crippen LogP contribution is 2.22. The van der Waals surface area contributed by atoms with Gasteiger partial charge < -0.3 is 10.1 Å². The first kappa shape index (κ1) is 16.4. The Balaban J connectivity index is 1.89. The van der Waals surface area contributed by atoms with Crippen LogP contribution in [0.25, 0.3) is 0 Å². The van der Waals surface area contributed by atoms with Gasteiger partial charge in [-0.2, -0.15) is 5.10 Å². The fourth-order valence-electron chi connectivity index (χ4n) is 1.81. The summed E-state index contributed by atoms with van der Waals surface area (Å²) in [7, 11) is 1.52. The molecule has 2 N–H and O–H groups in total. The van der Waals surface area contributed by atoms with Crippen LogP contribution in [-0.2, 0) is 4.79 Å². The average molecular weight is 319 g/mol. The van der Waals surface area contributed by atoms with Gasteiger partial charge in [-0.15, -0.1) is 0 Å². The van der Waals surface area contributed by atoms with E-state index in [1.807, 2.05) is 0 Å². The molecule has 0 aliphatic rings. The molecule has 0 bridgehead atoms. The minimum absolute atomic E-state index is 0.0720. The van der Waals surface area contributed by atoms with Crippen molar-refractivity contribution in [3.8, 4) is 5.75 Å². The molecule has 2 aromatic rings. The van der Waals surface area contributed by atoms with Crippen molar-refractivity contribution in [3.05, 3.63) is 59.7 Å². The lowest BCUT2D eigenvalue weighted by molar-refractivity contribution is -0.119. The van der Waals surface area contributed by atoms with E-state index in [9.17, 15) is 13.6 Å². The lowest BCUT2D eigenvalue weighted by Gasteiger charge is -2.09. The third-order valence-corrected chi connectivity index (χ3v) is 2.93. The van der Waals surface area contributed by atoms with Gasteiger partial charge in [0.25, 0.3) is 5.91 Å². The Bertz CT molecular complexity index is 700. The van der Waals surface area contributed by atoms with Gasteiger partial charge in [0, 0.05) is 0 Å². The molecule has 1 amide bonds. The van der Waals surface area contributed by atoms with E-state index in [1.165, 1.54) is 13.2 Å².